The summed E-state index contributed by atoms with van der Waals surface area (Å²) in [5.74, 6) is -1.84. The number of amides is 2. The van der Waals surface area contributed by atoms with E-state index < -0.39 is 78.9 Å². The van der Waals surface area contributed by atoms with Crippen LogP contribution in [0.4, 0.5) is 35.1 Å². The number of likely N-dealkylation sites (tertiary alicyclic amines) is 2. The van der Waals surface area contributed by atoms with Gasteiger partial charge in [-0.15, -0.1) is 0 Å². The molecule has 0 unspecified atom stereocenters. The summed E-state index contributed by atoms with van der Waals surface area (Å²) in [6, 6.07) is 2.95. The fraction of sp³-hybridized carbons (Fsp3) is 0.517. The first-order chi connectivity index (χ1) is 20.8. The van der Waals surface area contributed by atoms with E-state index in [4.69, 9.17) is 4.74 Å². The van der Waals surface area contributed by atoms with Crippen molar-refractivity contribution < 1.29 is 57.9 Å². The predicted octanol–water partition coefficient (Wildman–Crippen LogP) is 4.97. The van der Waals surface area contributed by atoms with Crippen LogP contribution in [-0.2, 0) is 41.0 Å². The van der Waals surface area contributed by atoms with Crippen molar-refractivity contribution in [1.82, 2.24) is 9.80 Å². The molecule has 7 nitrogen and oxygen atoms in total. The first kappa shape index (κ1) is 33.1. The molecule has 16 heteroatoms. The fourth-order valence-corrected chi connectivity index (χ4v) is 9.38. The van der Waals surface area contributed by atoms with Crippen molar-refractivity contribution in [3.63, 3.8) is 0 Å². The minimum absolute atomic E-state index is 0.0169. The van der Waals surface area contributed by atoms with Crippen LogP contribution in [0.2, 0.25) is 0 Å². The van der Waals surface area contributed by atoms with Gasteiger partial charge in [-0.2, -0.15) is 26.3 Å². The van der Waals surface area contributed by atoms with Gasteiger partial charge in [-0.05, 0) is 61.1 Å². The molecule has 2 aliphatic heterocycles. The van der Waals surface area contributed by atoms with Crippen molar-refractivity contribution in [3.05, 3.63) is 65.0 Å². The Kier molecular flexibility index (Phi) is 8.03. The number of carbonyl (C=O) groups is 2. The molecule has 45 heavy (non-hydrogen) atoms. The van der Waals surface area contributed by atoms with E-state index in [1.54, 1.807) is 0 Å². The van der Waals surface area contributed by atoms with Gasteiger partial charge in [-0.3, -0.25) is 9.59 Å². The summed E-state index contributed by atoms with van der Waals surface area (Å²) in [7, 11) is -1.98. The van der Waals surface area contributed by atoms with E-state index in [-0.39, 0.29) is 55.8 Å². The number of sulfone groups is 1. The zero-order valence-corrected chi connectivity index (χ0v) is 24.7. The lowest BCUT2D eigenvalue weighted by molar-refractivity contribution is -0.348. The largest absolute Gasteiger partial charge is 0.435 e. The Morgan fingerprint density at radius 1 is 1.00 bits per heavy atom. The Balaban J connectivity index is 1.70. The molecule has 2 saturated heterocycles. The summed E-state index contributed by atoms with van der Waals surface area (Å²) in [6.07, 6.45) is -14.3. The van der Waals surface area contributed by atoms with Crippen LogP contribution in [0.3, 0.4) is 0 Å². The summed E-state index contributed by atoms with van der Waals surface area (Å²) < 4.78 is 143. The highest BCUT2D eigenvalue weighted by atomic mass is 32.2. The van der Waals surface area contributed by atoms with Gasteiger partial charge < -0.3 is 14.5 Å². The van der Waals surface area contributed by atoms with E-state index in [2.05, 4.69) is 0 Å². The lowest BCUT2D eigenvalue weighted by Gasteiger charge is -2.39. The van der Waals surface area contributed by atoms with E-state index in [0.717, 1.165) is 30.3 Å². The van der Waals surface area contributed by atoms with E-state index >= 15 is 4.39 Å². The molecular formula is C29H28F8N2O5S. The monoisotopic (exact) mass is 668 g/mol. The number of hydrogen-bond donors (Lipinski definition) is 0. The second-order valence-corrected chi connectivity index (χ2v) is 13.7. The Morgan fingerprint density at radius 2 is 1.62 bits per heavy atom. The predicted molar refractivity (Wildman–Crippen MR) is 142 cm³/mol. The van der Waals surface area contributed by atoms with Crippen LogP contribution in [0.25, 0.3) is 0 Å². The smallest absolute Gasteiger partial charge is 0.372 e. The lowest BCUT2D eigenvalue weighted by atomic mass is 9.84. The van der Waals surface area contributed by atoms with Crippen LogP contribution in [0.5, 0.6) is 0 Å². The van der Waals surface area contributed by atoms with Gasteiger partial charge in [0.2, 0.25) is 5.91 Å². The summed E-state index contributed by atoms with van der Waals surface area (Å²) in [4.78, 5) is 28.6. The van der Waals surface area contributed by atoms with Crippen LogP contribution in [0.15, 0.2) is 47.4 Å². The Morgan fingerprint density at radius 3 is 2.18 bits per heavy atom. The van der Waals surface area contributed by atoms with E-state index in [1.165, 1.54) is 24.0 Å². The number of aryl methyl sites for hydroxylation is 1. The van der Waals surface area contributed by atoms with Gasteiger partial charge in [0.25, 0.3) is 5.91 Å². The minimum Gasteiger partial charge on any atom is -0.372 e. The second-order valence-electron chi connectivity index (χ2n) is 11.5. The van der Waals surface area contributed by atoms with Crippen molar-refractivity contribution in [2.24, 2.45) is 0 Å². The van der Waals surface area contributed by atoms with Crippen LogP contribution in [0, 0.1) is 5.82 Å². The molecule has 2 aromatic carbocycles. The third kappa shape index (κ3) is 4.81. The molecule has 0 saturated carbocycles. The van der Waals surface area contributed by atoms with Gasteiger partial charge in [-0.1, -0.05) is 18.2 Å². The number of methoxy groups -OCH3 is 1. The van der Waals surface area contributed by atoms with Gasteiger partial charge in [-0.25, -0.2) is 17.2 Å². The third-order valence-electron chi connectivity index (χ3n) is 9.29. The molecule has 0 N–H and O–H groups in total. The fourth-order valence-electron chi connectivity index (χ4n) is 7.01. The average Bonchev–Trinajstić information content (AvgIpc) is 3.43. The highest BCUT2D eigenvalue weighted by Gasteiger charge is 2.73. The Hall–Kier alpha value is -3.27. The number of ether oxygens (including phenoxy) is 1. The molecule has 0 radical (unpaired) electrons. The van der Waals surface area contributed by atoms with Crippen LogP contribution in [0.1, 0.15) is 42.4 Å². The molecule has 3 aliphatic rings. The number of hydrogen-bond acceptors (Lipinski definition) is 5. The van der Waals surface area contributed by atoms with Crippen molar-refractivity contribution in [2.75, 3.05) is 20.7 Å². The summed E-state index contributed by atoms with van der Waals surface area (Å²) >= 11 is 0. The molecule has 0 spiro atoms. The maximum atomic E-state index is 15.1. The number of likely N-dealkylation sites (N-methyl/N-ethyl adjacent to an activating group) is 1. The second kappa shape index (κ2) is 10.9. The van der Waals surface area contributed by atoms with Crippen molar-refractivity contribution in [1.29, 1.82) is 0 Å². The molecule has 1 aliphatic carbocycles. The molecule has 246 valence electrons. The van der Waals surface area contributed by atoms with Crippen molar-refractivity contribution in [2.45, 2.75) is 78.0 Å². The molecule has 5 rings (SSSR count). The van der Waals surface area contributed by atoms with Gasteiger partial charge in [0, 0.05) is 32.7 Å². The summed E-state index contributed by atoms with van der Waals surface area (Å²) in [5.41, 5.74) is -7.92. The number of benzene rings is 2. The summed E-state index contributed by atoms with van der Waals surface area (Å²) in [5, 5.41) is 0. The zero-order chi connectivity index (χ0) is 33.3. The number of rotatable bonds is 5. The quantitative estimate of drug-likeness (QED) is 0.332. The molecule has 0 aromatic heterocycles. The first-order valence-corrected chi connectivity index (χ1v) is 15.4. The highest BCUT2D eigenvalue weighted by molar-refractivity contribution is 7.92. The Bertz CT molecular complexity index is 1600. The SMILES string of the molecule is CO[C@H]1C[C@@H](C(=O)N2CC[C@]3(S(=O)(=O)c4ccc(F)cc4)c4ccc(C(F)(C(F)(F)F)C(F)(F)F)cc4CCC[C@H]23)N(C)C1=O. The number of alkyl halides is 7. The van der Waals surface area contributed by atoms with Crippen LogP contribution < -0.4 is 0 Å². The van der Waals surface area contributed by atoms with Crippen LogP contribution in [-0.4, -0.2) is 81.3 Å². The number of carbonyl (C=O) groups excluding carboxylic acids is 2. The normalized spacial score (nSPS) is 26.1. The standard InChI is InChI=1S/C29H28F8N2O5S/c1-38-21(15-22(44-2)25(38)41)24(40)39-13-12-26(45(42,43)19-9-7-18(30)8-10-19)20-11-6-17(14-16(20)4-3-5-23(26)39)27(31,28(32,33)34)29(35,36)37/h6-11,14,21-23H,3-5,12-13,15H2,1-2H3/t21-,22-,23-,26-/m0/s1. The molecular weight excluding hydrogens is 640 g/mol. The average molecular weight is 669 g/mol. The lowest BCUT2D eigenvalue weighted by Crippen LogP contribution is -2.53. The molecule has 4 atom stereocenters. The number of nitrogens with zero attached hydrogens (tertiary/aromatic N) is 2. The van der Waals surface area contributed by atoms with Gasteiger partial charge in [0.05, 0.1) is 10.9 Å². The molecule has 0 bridgehead atoms. The molecule has 2 heterocycles. The first-order valence-electron chi connectivity index (χ1n) is 13.9. The van der Waals surface area contributed by atoms with E-state index in [1.807, 2.05) is 0 Å². The van der Waals surface area contributed by atoms with Crippen molar-refractivity contribution >= 4 is 21.7 Å². The molecule has 2 amide bonds. The van der Waals surface area contributed by atoms with Gasteiger partial charge >= 0.3 is 18.0 Å². The van der Waals surface area contributed by atoms with Crippen molar-refractivity contribution in [3.8, 4) is 0 Å². The van der Waals surface area contributed by atoms with Gasteiger partial charge in [0.1, 0.15) is 22.7 Å². The maximum absolute atomic E-state index is 15.1. The maximum Gasteiger partial charge on any atom is 0.435 e. The van der Waals surface area contributed by atoms with E-state index in [0.29, 0.717) is 6.07 Å². The molecule has 2 aromatic rings. The van der Waals surface area contributed by atoms with Gasteiger partial charge in [0.15, 0.2) is 9.84 Å². The highest BCUT2D eigenvalue weighted by Crippen LogP contribution is 2.56. The zero-order valence-electron chi connectivity index (χ0n) is 23.9. The minimum atomic E-state index is -6.38. The Labute approximate surface area is 253 Å². The number of halogens is 8. The van der Waals surface area contributed by atoms with E-state index in [9.17, 15) is 48.7 Å². The number of fused-ring (bicyclic) bond motifs is 3. The molecule has 2 fully saturated rings. The topological polar surface area (TPSA) is 84.0 Å². The van der Waals surface area contributed by atoms with Crippen LogP contribution >= 0.6 is 0 Å². The summed E-state index contributed by atoms with van der Waals surface area (Å²) in [6.45, 7) is -0.195. The third-order valence-corrected chi connectivity index (χ3v) is 11.8.